The highest BCUT2D eigenvalue weighted by atomic mass is 16.5. The molecule has 1 aromatic rings. The molecule has 1 aliphatic rings. The van der Waals surface area contributed by atoms with E-state index < -0.39 is 0 Å². The SMILES string of the molecule is Cc1cc(C(=N)N)nc(OC2CCC(C)C(C)C2)n1. The molecule has 0 aromatic carbocycles. The summed E-state index contributed by atoms with van der Waals surface area (Å²) in [6, 6.07) is 2.04. The normalized spacial score (nSPS) is 27.0. The summed E-state index contributed by atoms with van der Waals surface area (Å²) in [5.41, 5.74) is 6.66. The van der Waals surface area contributed by atoms with Crippen molar-refractivity contribution in [2.24, 2.45) is 17.6 Å². The molecule has 2 rings (SSSR count). The first-order chi connectivity index (χ1) is 8.95. The third-order valence-electron chi connectivity index (χ3n) is 3.93. The number of hydrogen-bond donors (Lipinski definition) is 2. The fraction of sp³-hybridized carbons (Fsp3) is 0.643. The Hall–Kier alpha value is -1.65. The van der Waals surface area contributed by atoms with Crippen molar-refractivity contribution in [1.82, 2.24) is 9.97 Å². The first-order valence-electron chi connectivity index (χ1n) is 6.82. The predicted molar refractivity (Wildman–Crippen MR) is 74.4 cm³/mol. The summed E-state index contributed by atoms with van der Waals surface area (Å²) in [6.45, 7) is 6.41. The number of aromatic nitrogens is 2. The summed E-state index contributed by atoms with van der Waals surface area (Å²) < 4.78 is 5.87. The minimum absolute atomic E-state index is 0.0546. The van der Waals surface area contributed by atoms with Crippen LogP contribution in [0.15, 0.2) is 6.07 Å². The van der Waals surface area contributed by atoms with E-state index in [0.717, 1.165) is 24.5 Å². The lowest BCUT2D eigenvalue weighted by Crippen LogP contribution is -2.29. The highest BCUT2D eigenvalue weighted by molar-refractivity contribution is 5.93. The summed E-state index contributed by atoms with van der Waals surface area (Å²) in [5, 5.41) is 7.44. The number of ether oxygens (including phenoxy) is 1. The number of amidine groups is 1. The van der Waals surface area contributed by atoms with Crippen LogP contribution in [0.1, 0.15) is 44.5 Å². The lowest BCUT2D eigenvalue weighted by Gasteiger charge is -2.31. The van der Waals surface area contributed by atoms with Gasteiger partial charge in [-0.2, -0.15) is 4.98 Å². The molecule has 5 nitrogen and oxygen atoms in total. The highest BCUT2D eigenvalue weighted by Gasteiger charge is 2.26. The third-order valence-corrected chi connectivity index (χ3v) is 3.93. The van der Waals surface area contributed by atoms with Gasteiger partial charge in [0, 0.05) is 5.69 Å². The van der Waals surface area contributed by atoms with Crippen molar-refractivity contribution < 1.29 is 4.74 Å². The van der Waals surface area contributed by atoms with Gasteiger partial charge in [-0.1, -0.05) is 13.8 Å². The van der Waals surface area contributed by atoms with E-state index in [4.69, 9.17) is 15.9 Å². The van der Waals surface area contributed by atoms with Crippen LogP contribution < -0.4 is 10.5 Å². The fourth-order valence-electron chi connectivity index (χ4n) is 2.49. The van der Waals surface area contributed by atoms with E-state index in [1.54, 1.807) is 6.07 Å². The number of nitrogens with zero attached hydrogens (tertiary/aromatic N) is 2. The predicted octanol–water partition coefficient (Wildman–Crippen LogP) is 2.27. The molecule has 1 saturated carbocycles. The number of hydrogen-bond acceptors (Lipinski definition) is 4. The van der Waals surface area contributed by atoms with Gasteiger partial charge in [-0.05, 0) is 44.1 Å². The van der Waals surface area contributed by atoms with Crippen LogP contribution in [0.3, 0.4) is 0 Å². The smallest absolute Gasteiger partial charge is 0.317 e. The van der Waals surface area contributed by atoms with Gasteiger partial charge in [0.2, 0.25) is 0 Å². The second kappa shape index (κ2) is 5.55. The zero-order chi connectivity index (χ0) is 14.0. The molecular formula is C14H22N4O. The molecule has 1 aromatic heterocycles. The van der Waals surface area contributed by atoms with E-state index in [-0.39, 0.29) is 11.9 Å². The van der Waals surface area contributed by atoms with E-state index in [2.05, 4.69) is 23.8 Å². The van der Waals surface area contributed by atoms with Crippen molar-refractivity contribution in [3.63, 3.8) is 0 Å². The molecule has 3 unspecified atom stereocenters. The van der Waals surface area contributed by atoms with Gasteiger partial charge in [0.25, 0.3) is 0 Å². The van der Waals surface area contributed by atoms with Crippen molar-refractivity contribution in [3.8, 4) is 6.01 Å². The Kier molecular flexibility index (Phi) is 4.02. The van der Waals surface area contributed by atoms with Crippen LogP contribution >= 0.6 is 0 Å². The molecule has 1 fully saturated rings. The molecule has 5 heteroatoms. The minimum Gasteiger partial charge on any atom is -0.460 e. The quantitative estimate of drug-likeness (QED) is 0.646. The first kappa shape index (κ1) is 13.8. The topological polar surface area (TPSA) is 84.9 Å². The number of nitrogens with one attached hydrogen (secondary N) is 1. The van der Waals surface area contributed by atoms with Gasteiger partial charge in [0.1, 0.15) is 17.6 Å². The van der Waals surface area contributed by atoms with Crippen molar-refractivity contribution in [2.45, 2.75) is 46.1 Å². The van der Waals surface area contributed by atoms with Gasteiger partial charge in [0.15, 0.2) is 0 Å². The average molecular weight is 262 g/mol. The molecule has 0 bridgehead atoms. The van der Waals surface area contributed by atoms with Crippen LogP contribution in [0.4, 0.5) is 0 Å². The molecule has 3 N–H and O–H groups in total. The lowest BCUT2D eigenvalue weighted by molar-refractivity contribution is 0.0917. The van der Waals surface area contributed by atoms with E-state index in [9.17, 15) is 0 Å². The van der Waals surface area contributed by atoms with Gasteiger partial charge in [-0.15, -0.1) is 0 Å². The molecule has 3 atom stereocenters. The summed E-state index contributed by atoms with van der Waals surface area (Å²) in [6.07, 6.45) is 3.43. The molecule has 1 aliphatic carbocycles. The number of nitrogens with two attached hydrogens (primary N) is 1. The van der Waals surface area contributed by atoms with Crippen molar-refractivity contribution >= 4 is 5.84 Å². The summed E-state index contributed by atoms with van der Waals surface area (Å²) in [7, 11) is 0. The second-order valence-corrected chi connectivity index (χ2v) is 5.60. The standard InChI is InChI=1S/C14H22N4O/c1-8-4-5-11(6-9(8)2)19-14-17-10(3)7-12(18-14)13(15)16/h7-9,11H,4-6H2,1-3H3,(H3,15,16). The summed E-state index contributed by atoms with van der Waals surface area (Å²) >= 11 is 0. The van der Waals surface area contributed by atoms with Crippen molar-refractivity contribution in [2.75, 3.05) is 0 Å². The Morgan fingerprint density at radius 2 is 2.05 bits per heavy atom. The van der Waals surface area contributed by atoms with Gasteiger partial charge in [-0.25, -0.2) is 4.98 Å². The largest absolute Gasteiger partial charge is 0.460 e. The fourth-order valence-corrected chi connectivity index (χ4v) is 2.49. The molecule has 0 amide bonds. The molecular weight excluding hydrogens is 240 g/mol. The lowest BCUT2D eigenvalue weighted by atomic mass is 9.80. The molecule has 104 valence electrons. The maximum absolute atomic E-state index is 7.44. The van der Waals surface area contributed by atoms with Crippen molar-refractivity contribution in [1.29, 1.82) is 5.41 Å². The Bertz CT molecular complexity index is 475. The molecule has 0 aliphatic heterocycles. The van der Waals surface area contributed by atoms with Crippen LogP contribution in [-0.4, -0.2) is 21.9 Å². The summed E-state index contributed by atoms with van der Waals surface area (Å²) in [4.78, 5) is 8.46. The number of rotatable bonds is 3. The Morgan fingerprint density at radius 1 is 1.32 bits per heavy atom. The van der Waals surface area contributed by atoms with Crippen molar-refractivity contribution in [3.05, 3.63) is 17.5 Å². The molecule has 1 heterocycles. The number of aryl methyl sites for hydroxylation is 1. The maximum Gasteiger partial charge on any atom is 0.317 e. The van der Waals surface area contributed by atoms with Crippen LogP contribution in [0.2, 0.25) is 0 Å². The van der Waals surface area contributed by atoms with Crippen LogP contribution in [-0.2, 0) is 0 Å². The Labute approximate surface area is 114 Å². The van der Waals surface area contributed by atoms with E-state index in [0.29, 0.717) is 17.6 Å². The summed E-state index contributed by atoms with van der Waals surface area (Å²) in [5.74, 6) is 1.36. The Balaban J connectivity index is 2.09. The number of nitrogen functional groups attached to an aromatic ring is 1. The van der Waals surface area contributed by atoms with Crippen LogP contribution in [0.25, 0.3) is 0 Å². The molecule has 0 saturated heterocycles. The van der Waals surface area contributed by atoms with Gasteiger partial charge < -0.3 is 10.5 Å². The average Bonchev–Trinajstić information content (AvgIpc) is 2.33. The zero-order valence-corrected chi connectivity index (χ0v) is 11.8. The Morgan fingerprint density at radius 3 is 2.68 bits per heavy atom. The van der Waals surface area contributed by atoms with Gasteiger partial charge in [-0.3, -0.25) is 5.41 Å². The molecule has 0 radical (unpaired) electrons. The molecule has 0 spiro atoms. The van der Waals surface area contributed by atoms with E-state index in [1.165, 1.54) is 6.42 Å². The maximum atomic E-state index is 7.44. The zero-order valence-electron chi connectivity index (χ0n) is 11.8. The second-order valence-electron chi connectivity index (χ2n) is 5.60. The van der Waals surface area contributed by atoms with Crippen LogP contribution in [0, 0.1) is 24.2 Å². The van der Waals surface area contributed by atoms with E-state index in [1.807, 2.05) is 6.92 Å². The van der Waals surface area contributed by atoms with Gasteiger partial charge in [0.05, 0.1) is 0 Å². The molecule has 19 heavy (non-hydrogen) atoms. The minimum atomic E-state index is -0.0546. The third kappa shape index (κ3) is 3.43. The van der Waals surface area contributed by atoms with Crippen LogP contribution in [0.5, 0.6) is 6.01 Å². The van der Waals surface area contributed by atoms with E-state index >= 15 is 0 Å². The highest BCUT2D eigenvalue weighted by Crippen LogP contribution is 2.31. The monoisotopic (exact) mass is 262 g/mol. The first-order valence-corrected chi connectivity index (χ1v) is 6.82. The van der Waals surface area contributed by atoms with Gasteiger partial charge >= 0.3 is 6.01 Å².